The van der Waals surface area contributed by atoms with Crippen LogP contribution in [0.5, 0.6) is 0 Å². The van der Waals surface area contributed by atoms with Crippen LogP contribution >= 0.6 is 0 Å². The average Bonchev–Trinajstić information content (AvgIpc) is 2.98. The topological polar surface area (TPSA) is 34.0 Å². The second kappa shape index (κ2) is 7.63. The fourth-order valence-corrected chi connectivity index (χ4v) is 4.14. The molecular formula is C24H25FN2O. The highest BCUT2D eigenvalue weighted by Crippen LogP contribution is 2.31. The SMILES string of the molecule is Cc1ccc(Cn2c3c(c(C)c2C(=O)Nc2ccc(F)cc2)CCCC3)cc1. The zero-order valence-corrected chi connectivity index (χ0v) is 16.4. The molecule has 1 aliphatic rings. The predicted molar refractivity (Wildman–Crippen MR) is 110 cm³/mol. The Morgan fingerprint density at radius 1 is 1.00 bits per heavy atom. The number of amides is 1. The van der Waals surface area contributed by atoms with Gasteiger partial charge in [0.25, 0.3) is 5.91 Å². The number of hydrogen-bond acceptors (Lipinski definition) is 1. The van der Waals surface area contributed by atoms with Crippen molar-refractivity contribution in [2.75, 3.05) is 5.32 Å². The van der Waals surface area contributed by atoms with Gasteiger partial charge in [0.1, 0.15) is 11.5 Å². The number of hydrogen-bond donors (Lipinski definition) is 1. The molecule has 1 amide bonds. The Morgan fingerprint density at radius 3 is 2.39 bits per heavy atom. The number of halogens is 1. The van der Waals surface area contributed by atoms with E-state index in [1.807, 2.05) is 0 Å². The third kappa shape index (κ3) is 3.59. The predicted octanol–water partition coefficient (Wildman–Crippen LogP) is 5.42. The summed E-state index contributed by atoms with van der Waals surface area (Å²) in [5.41, 5.74) is 7.41. The molecule has 0 aliphatic heterocycles. The monoisotopic (exact) mass is 376 g/mol. The zero-order valence-electron chi connectivity index (χ0n) is 16.4. The van der Waals surface area contributed by atoms with Gasteiger partial charge in [-0.1, -0.05) is 29.8 Å². The van der Waals surface area contributed by atoms with E-state index in [9.17, 15) is 9.18 Å². The normalized spacial score (nSPS) is 13.2. The Hall–Kier alpha value is -2.88. The first-order chi connectivity index (χ1) is 13.5. The van der Waals surface area contributed by atoms with Crippen molar-refractivity contribution in [2.24, 2.45) is 0 Å². The van der Waals surface area contributed by atoms with E-state index >= 15 is 0 Å². The number of nitrogens with one attached hydrogen (secondary N) is 1. The second-order valence-electron chi connectivity index (χ2n) is 7.64. The fourth-order valence-electron chi connectivity index (χ4n) is 4.14. The van der Waals surface area contributed by atoms with Gasteiger partial charge >= 0.3 is 0 Å². The summed E-state index contributed by atoms with van der Waals surface area (Å²) in [5.74, 6) is -0.446. The molecule has 4 rings (SSSR count). The Morgan fingerprint density at radius 2 is 1.68 bits per heavy atom. The van der Waals surface area contributed by atoms with Crippen LogP contribution in [0.1, 0.15) is 51.3 Å². The Labute approximate surface area is 165 Å². The van der Waals surface area contributed by atoms with Crippen molar-refractivity contribution in [1.29, 1.82) is 0 Å². The van der Waals surface area contributed by atoms with Gasteiger partial charge in [0, 0.05) is 17.9 Å². The van der Waals surface area contributed by atoms with Crippen molar-refractivity contribution < 1.29 is 9.18 Å². The molecule has 2 aromatic carbocycles. The molecule has 0 bridgehead atoms. The number of fused-ring (bicyclic) bond motifs is 1. The maximum Gasteiger partial charge on any atom is 0.272 e. The number of carbonyl (C=O) groups is 1. The number of carbonyl (C=O) groups excluding carboxylic acids is 1. The molecule has 28 heavy (non-hydrogen) atoms. The van der Waals surface area contributed by atoms with Crippen molar-refractivity contribution in [3.63, 3.8) is 0 Å². The highest BCUT2D eigenvalue weighted by atomic mass is 19.1. The summed E-state index contributed by atoms with van der Waals surface area (Å²) in [6.07, 6.45) is 4.36. The van der Waals surface area contributed by atoms with Crippen LogP contribution in [0, 0.1) is 19.7 Å². The third-order valence-electron chi connectivity index (χ3n) is 5.62. The first-order valence-electron chi connectivity index (χ1n) is 9.86. The van der Waals surface area contributed by atoms with Crippen LogP contribution in [-0.2, 0) is 19.4 Å². The van der Waals surface area contributed by atoms with Gasteiger partial charge in [-0.2, -0.15) is 0 Å². The first-order valence-corrected chi connectivity index (χ1v) is 9.86. The summed E-state index contributed by atoms with van der Waals surface area (Å²) in [6.45, 7) is 4.81. The van der Waals surface area contributed by atoms with Gasteiger partial charge in [-0.3, -0.25) is 4.79 Å². The van der Waals surface area contributed by atoms with E-state index in [2.05, 4.69) is 48.0 Å². The van der Waals surface area contributed by atoms with Gasteiger partial charge < -0.3 is 9.88 Å². The second-order valence-corrected chi connectivity index (χ2v) is 7.64. The van der Waals surface area contributed by atoms with E-state index in [0.29, 0.717) is 12.2 Å². The number of aromatic nitrogens is 1. The van der Waals surface area contributed by atoms with Gasteiger partial charge in [-0.15, -0.1) is 0 Å². The molecule has 0 spiro atoms. The third-order valence-corrected chi connectivity index (χ3v) is 5.62. The lowest BCUT2D eigenvalue weighted by atomic mass is 9.95. The van der Waals surface area contributed by atoms with Crippen molar-refractivity contribution >= 4 is 11.6 Å². The number of benzene rings is 2. The van der Waals surface area contributed by atoms with E-state index in [1.165, 1.54) is 40.9 Å². The lowest BCUT2D eigenvalue weighted by Crippen LogP contribution is -2.20. The number of rotatable bonds is 4. The minimum atomic E-state index is -0.313. The fraction of sp³-hybridized carbons (Fsp3) is 0.292. The van der Waals surface area contributed by atoms with Crippen LogP contribution in [0.3, 0.4) is 0 Å². The van der Waals surface area contributed by atoms with Crippen LogP contribution in [0.2, 0.25) is 0 Å². The average molecular weight is 376 g/mol. The van der Waals surface area contributed by atoms with E-state index in [1.54, 1.807) is 12.1 Å². The van der Waals surface area contributed by atoms with Crippen molar-refractivity contribution in [3.8, 4) is 0 Å². The number of anilines is 1. The summed E-state index contributed by atoms with van der Waals surface area (Å²) in [7, 11) is 0. The molecule has 1 N–H and O–H groups in total. The molecule has 0 fully saturated rings. The minimum Gasteiger partial charge on any atom is -0.336 e. The molecule has 0 saturated heterocycles. The van der Waals surface area contributed by atoms with Crippen molar-refractivity contribution in [2.45, 2.75) is 46.1 Å². The lowest BCUT2D eigenvalue weighted by Gasteiger charge is -2.17. The van der Waals surface area contributed by atoms with Gasteiger partial charge in [-0.05, 0) is 80.5 Å². The molecule has 0 radical (unpaired) electrons. The van der Waals surface area contributed by atoms with Crippen LogP contribution < -0.4 is 5.32 Å². The van der Waals surface area contributed by atoms with Gasteiger partial charge in [-0.25, -0.2) is 4.39 Å². The van der Waals surface area contributed by atoms with Gasteiger partial charge in [0.05, 0.1) is 0 Å². The van der Waals surface area contributed by atoms with Crippen molar-refractivity contribution in [3.05, 3.63) is 88.0 Å². The summed E-state index contributed by atoms with van der Waals surface area (Å²) in [6, 6.07) is 14.4. The maximum absolute atomic E-state index is 13.2. The van der Waals surface area contributed by atoms with Gasteiger partial charge in [0.15, 0.2) is 0 Å². The van der Waals surface area contributed by atoms with Crippen LogP contribution in [0.25, 0.3) is 0 Å². The Bertz CT molecular complexity index is 1000. The molecule has 0 unspecified atom stereocenters. The standard InChI is InChI=1S/C24H25FN2O/c1-16-7-9-18(10-8-16)15-27-22-6-4-3-5-21(22)17(2)23(27)24(28)26-20-13-11-19(25)12-14-20/h7-14H,3-6,15H2,1-2H3,(H,26,28). The highest BCUT2D eigenvalue weighted by Gasteiger charge is 2.26. The van der Waals surface area contributed by atoms with Crippen LogP contribution in [0.4, 0.5) is 10.1 Å². The van der Waals surface area contributed by atoms with E-state index in [4.69, 9.17) is 0 Å². The number of nitrogens with zero attached hydrogens (tertiary/aromatic N) is 1. The summed E-state index contributed by atoms with van der Waals surface area (Å²) >= 11 is 0. The minimum absolute atomic E-state index is 0.134. The molecule has 4 heteroatoms. The van der Waals surface area contributed by atoms with Crippen LogP contribution in [0.15, 0.2) is 48.5 Å². The van der Waals surface area contributed by atoms with E-state index in [0.717, 1.165) is 30.5 Å². The molecular weight excluding hydrogens is 351 g/mol. The van der Waals surface area contributed by atoms with E-state index < -0.39 is 0 Å². The summed E-state index contributed by atoms with van der Waals surface area (Å²) in [5, 5.41) is 2.94. The molecule has 3 nitrogen and oxygen atoms in total. The van der Waals surface area contributed by atoms with Crippen molar-refractivity contribution in [1.82, 2.24) is 4.57 Å². The number of aryl methyl sites for hydroxylation is 1. The highest BCUT2D eigenvalue weighted by molar-refractivity contribution is 6.04. The quantitative estimate of drug-likeness (QED) is 0.648. The maximum atomic E-state index is 13.2. The molecule has 1 aromatic heterocycles. The summed E-state index contributed by atoms with van der Waals surface area (Å²) in [4.78, 5) is 13.2. The molecule has 1 aliphatic carbocycles. The first kappa shape index (κ1) is 18.5. The lowest BCUT2D eigenvalue weighted by molar-refractivity contribution is 0.101. The summed E-state index contributed by atoms with van der Waals surface area (Å²) < 4.78 is 15.4. The molecule has 0 atom stereocenters. The molecule has 1 heterocycles. The van der Waals surface area contributed by atoms with Gasteiger partial charge in [0.2, 0.25) is 0 Å². The molecule has 144 valence electrons. The Balaban J connectivity index is 1.72. The Kier molecular flexibility index (Phi) is 5.03. The van der Waals surface area contributed by atoms with E-state index in [-0.39, 0.29) is 11.7 Å². The largest absolute Gasteiger partial charge is 0.336 e. The smallest absolute Gasteiger partial charge is 0.272 e. The zero-order chi connectivity index (χ0) is 19.7. The van der Waals surface area contributed by atoms with Crippen LogP contribution in [-0.4, -0.2) is 10.5 Å². The molecule has 3 aromatic rings. The molecule has 0 saturated carbocycles.